The van der Waals surface area contributed by atoms with Gasteiger partial charge in [-0.25, -0.2) is 15.0 Å². The first-order valence-corrected chi connectivity index (χ1v) is 22.0. The van der Waals surface area contributed by atoms with Gasteiger partial charge >= 0.3 is 0 Å². The average molecular weight is 829 g/mol. The maximum atomic E-state index is 5.34. The molecule has 65 heavy (non-hydrogen) atoms. The molecule has 0 unspecified atom stereocenters. The monoisotopic (exact) mass is 828 g/mol. The molecule has 0 saturated heterocycles. The van der Waals surface area contributed by atoms with Crippen LogP contribution in [0.4, 0.5) is 0 Å². The summed E-state index contributed by atoms with van der Waals surface area (Å²) in [6.45, 7) is 0. The fourth-order valence-electron chi connectivity index (χ4n) is 9.40. The van der Waals surface area contributed by atoms with E-state index in [4.69, 9.17) is 15.0 Å². The third kappa shape index (κ3) is 6.85. The Balaban J connectivity index is 1.04. The highest BCUT2D eigenvalue weighted by Crippen LogP contribution is 2.42. The molecule has 0 amide bonds. The molecule has 12 aromatic rings. The van der Waals surface area contributed by atoms with Crippen LogP contribution in [0.2, 0.25) is 0 Å². The van der Waals surface area contributed by atoms with Gasteiger partial charge in [-0.1, -0.05) is 218 Å². The Labute approximate surface area is 377 Å². The number of rotatable bonds is 8. The molecule has 0 aliphatic rings. The topological polar surface area (TPSA) is 43.6 Å². The summed E-state index contributed by atoms with van der Waals surface area (Å²) in [6.07, 6.45) is 0. The second kappa shape index (κ2) is 16.2. The third-order valence-corrected chi connectivity index (χ3v) is 12.5. The van der Waals surface area contributed by atoms with Crippen molar-refractivity contribution in [2.45, 2.75) is 0 Å². The molecule has 10 aromatic carbocycles. The Hall–Kier alpha value is -8.73. The van der Waals surface area contributed by atoms with E-state index in [0.29, 0.717) is 17.5 Å². The van der Waals surface area contributed by atoms with Crippen LogP contribution in [-0.2, 0) is 0 Å². The molecule has 0 spiro atoms. The Morgan fingerprint density at radius 2 is 0.677 bits per heavy atom. The van der Waals surface area contributed by atoms with Gasteiger partial charge in [0.1, 0.15) is 0 Å². The summed E-state index contributed by atoms with van der Waals surface area (Å²) in [7, 11) is 0. The molecule has 12 rings (SSSR count). The van der Waals surface area contributed by atoms with E-state index in [9.17, 15) is 0 Å². The summed E-state index contributed by atoms with van der Waals surface area (Å²) in [5.74, 6) is 1.86. The molecule has 4 nitrogen and oxygen atoms in total. The highest BCUT2D eigenvalue weighted by molar-refractivity contribution is 6.12. The van der Waals surface area contributed by atoms with Crippen molar-refractivity contribution in [3.63, 3.8) is 0 Å². The summed E-state index contributed by atoms with van der Waals surface area (Å²) in [5, 5.41) is 4.62. The molecular formula is C61H40N4. The molecule has 0 aliphatic heterocycles. The van der Waals surface area contributed by atoms with Crippen molar-refractivity contribution in [1.82, 2.24) is 19.5 Å². The number of benzene rings is 10. The van der Waals surface area contributed by atoms with Crippen LogP contribution in [0.25, 0.3) is 117 Å². The lowest BCUT2D eigenvalue weighted by molar-refractivity contribution is 1.08. The van der Waals surface area contributed by atoms with E-state index in [0.717, 1.165) is 66.5 Å². The molecule has 2 aromatic heterocycles. The molecule has 2 heterocycles. The van der Waals surface area contributed by atoms with Gasteiger partial charge in [0.05, 0.1) is 16.7 Å². The minimum atomic E-state index is 0.617. The van der Waals surface area contributed by atoms with Crippen LogP contribution < -0.4 is 0 Å². The SMILES string of the molecule is c1ccc(-c2ccc(-c3nc(-c4ccccc4-c4ccccc4)nc(-c4ccc(-c5ccccc5-n5c6ccccc6c6ccc(-c7ccccc7)cc65)c5ccccc45)n3)cc2)cc1. The van der Waals surface area contributed by atoms with Crippen LogP contribution in [0.5, 0.6) is 0 Å². The van der Waals surface area contributed by atoms with E-state index in [2.05, 4.69) is 235 Å². The van der Waals surface area contributed by atoms with Crippen molar-refractivity contribution < 1.29 is 0 Å². The van der Waals surface area contributed by atoms with Gasteiger partial charge in [0.15, 0.2) is 17.5 Å². The van der Waals surface area contributed by atoms with Crippen molar-refractivity contribution in [3.8, 4) is 84.4 Å². The van der Waals surface area contributed by atoms with Crippen LogP contribution in [-0.4, -0.2) is 19.5 Å². The van der Waals surface area contributed by atoms with Crippen molar-refractivity contribution in [1.29, 1.82) is 0 Å². The largest absolute Gasteiger partial charge is 0.309 e. The molecule has 0 N–H and O–H groups in total. The molecule has 0 saturated carbocycles. The second-order valence-electron chi connectivity index (χ2n) is 16.3. The molecule has 4 heteroatoms. The van der Waals surface area contributed by atoms with E-state index in [1.165, 1.54) is 32.9 Å². The summed E-state index contributed by atoms with van der Waals surface area (Å²) in [4.78, 5) is 15.9. The van der Waals surface area contributed by atoms with Gasteiger partial charge in [0, 0.05) is 33.0 Å². The minimum Gasteiger partial charge on any atom is -0.309 e. The molecule has 0 aliphatic carbocycles. The smallest absolute Gasteiger partial charge is 0.164 e. The maximum absolute atomic E-state index is 5.34. The summed E-state index contributed by atoms with van der Waals surface area (Å²) in [5.41, 5.74) is 15.4. The van der Waals surface area contributed by atoms with Crippen LogP contribution in [0.1, 0.15) is 0 Å². The standard InChI is InChI=1S/C61H40N4/c1-4-18-41(19-5-1)43-32-34-45(35-33-43)59-62-60(54-29-13-10-24-47(54)44-22-8-3-9-23-44)64-61(63-59)55-39-38-50(48-25-11-12-26-49(48)55)51-27-14-16-30-56(51)65-57-31-17-15-28-52(57)53-37-36-46(40-58(53)65)42-20-6-2-7-21-42/h1-40H. The van der Waals surface area contributed by atoms with E-state index in [1.807, 2.05) is 12.1 Å². The molecule has 0 fully saturated rings. The number of para-hydroxylation sites is 2. The Morgan fingerprint density at radius 1 is 0.231 bits per heavy atom. The zero-order chi connectivity index (χ0) is 43.1. The number of hydrogen-bond acceptors (Lipinski definition) is 3. The first-order chi connectivity index (χ1) is 32.2. The molecular weight excluding hydrogens is 789 g/mol. The highest BCUT2D eigenvalue weighted by Gasteiger charge is 2.21. The minimum absolute atomic E-state index is 0.617. The van der Waals surface area contributed by atoms with Crippen molar-refractivity contribution in [2.24, 2.45) is 0 Å². The maximum Gasteiger partial charge on any atom is 0.164 e. The first-order valence-electron chi connectivity index (χ1n) is 22.0. The van der Waals surface area contributed by atoms with Crippen molar-refractivity contribution in [2.75, 3.05) is 0 Å². The molecule has 0 atom stereocenters. The fraction of sp³-hybridized carbons (Fsp3) is 0. The van der Waals surface area contributed by atoms with Gasteiger partial charge in [-0.15, -0.1) is 0 Å². The van der Waals surface area contributed by atoms with Crippen LogP contribution >= 0.6 is 0 Å². The van der Waals surface area contributed by atoms with Crippen LogP contribution in [0, 0.1) is 0 Å². The number of aromatic nitrogens is 4. The van der Waals surface area contributed by atoms with Gasteiger partial charge in [0.2, 0.25) is 0 Å². The van der Waals surface area contributed by atoms with Crippen molar-refractivity contribution >= 4 is 32.6 Å². The second-order valence-corrected chi connectivity index (χ2v) is 16.3. The van der Waals surface area contributed by atoms with E-state index in [1.54, 1.807) is 0 Å². The highest BCUT2D eigenvalue weighted by atomic mass is 15.0. The lowest BCUT2D eigenvalue weighted by Gasteiger charge is -2.17. The van der Waals surface area contributed by atoms with Gasteiger partial charge < -0.3 is 4.57 Å². The zero-order valence-electron chi connectivity index (χ0n) is 35.4. The quantitative estimate of drug-likeness (QED) is 0.153. The van der Waals surface area contributed by atoms with E-state index in [-0.39, 0.29) is 0 Å². The third-order valence-electron chi connectivity index (χ3n) is 12.5. The Kier molecular flexibility index (Phi) is 9.46. The lowest BCUT2D eigenvalue weighted by atomic mass is 9.93. The number of nitrogens with zero attached hydrogens (tertiary/aromatic N) is 4. The van der Waals surface area contributed by atoms with E-state index < -0.39 is 0 Å². The van der Waals surface area contributed by atoms with Crippen molar-refractivity contribution in [3.05, 3.63) is 243 Å². The number of fused-ring (bicyclic) bond motifs is 4. The predicted molar refractivity (Wildman–Crippen MR) is 270 cm³/mol. The van der Waals surface area contributed by atoms with Crippen LogP contribution in [0.15, 0.2) is 243 Å². The fourth-order valence-corrected chi connectivity index (χ4v) is 9.40. The first kappa shape index (κ1) is 38.0. The molecule has 0 bridgehead atoms. The average Bonchev–Trinajstić information content (AvgIpc) is 3.72. The lowest BCUT2D eigenvalue weighted by Crippen LogP contribution is -2.02. The predicted octanol–water partition coefficient (Wildman–Crippen LogP) is 15.8. The van der Waals surface area contributed by atoms with Gasteiger partial charge in [0.25, 0.3) is 0 Å². The van der Waals surface area contributed by atoms with Crippen LogP contribution in [0.3, 0.4) is 0 Å². The summed E-state index contributed by atoms with van der Waals surface area (Å²) < 4.78 is 2.44. The normalized spacial score (nSPS) is 11.4. The Bertz CT molecular complexity index is 3690. The van der Waals surface area contributed by atoms with E-state index >= 15 is 0 Å². The summed E-state index contributed by atoms with van der Waals surface area (Å²) in [6, 6.07) is 85.9. The number of hydrogen-bond donors (Lipinski definition) is 0. The van der Waals surface area contributed by atoms with Gasteiger partial charge in [-0.2, -0.15) is 0 Å². The van der Waals surface area contributed by atoms with Gasteiger partial charge in [-0.3, -0.25) is 0 Å². The molecule has 304 valence electrons. The van der Waals surface area contributed by atoms with Gasteiger partial charge in [-0.05, 0) is 74.0 Å². The Morgan fingerprint density at radius 3 is 1.38 bits per heavy atom. The molecule has 0 radical (unpaired) electrons. The zero-order valence-corrected chi connectivity index (χ0v) is 35.4. The summed E-state index contributed by atoms with van der Waals surface area (Å²) >= 11 is 0.